The number of guanidine groups is 1. The molecule has 1 aromatic carbocycles. The van der Waals surface area contributed by atoms with Crippen molar-refractivity contribution in [1.29, 1.82) is 0 Å². The van der Waals surface area contributed by atoms with Crippen molar-refractivity contribution in [1.82, 2.24) is 9.97 Å². The number of nitro groups is 1. The Morgan fingerprint density at radius 1 is 1.23 bits per heavy atom. The molecule has 0 atom stereocenters. The molecule has 26 heavy (non-hydrogen) atoms. The maximum atomic E-state index is 10.9. The van der Waals surface area contributed by atoms with Gasteiger partial charge in [0.05, 0.1) is 10.6 Å². The van der Waals surface area contributed by atoms with Crippen molar-refractivity contribution >= 4 is 34.0 Å². The van der Waals surface area contributed by atoms with Crippen molar-refractivity contribution in [3.8, 4) is 11.3 Å². The first-order chi connectivity index (χ1) is 12.5. The number of nitrogens with zero attached hydrogens (tertiary/aromatic N) is 5. The summed E-state index contributed by atoms with van der Waals surface area (Å²) in [5.74, 6) is 0.140. The molecule has 0 spiro atoms. The van der Waals surface area contributed by atoms with E-state index in [-0.39, 0.29) is 17.5 Å². The fourth-order valence-corrected chi connectivity index (χ4v) is 2.76. The highest BCUT2D eigenvalue weighted by molar-refractivity contribution is 7.13. The fraction of sp³-hybridized carbons (Fsp3) is 0. The van der Waals surface area contributed by atoms with Gasteiger partial charge in [-0.2, -0.15) is 9.98 Å². The molecule has 0 aliphatic carbocycles. The van der Waals surface area contributed by atoms with Crippen LogP contribution in [0, 0.1) is 10.1 Å². The number of aliphatic imine (C=N–C) groups is 2. The van der Waals surface area contributed by atoms with Crippen LogP contribution in [0.5, 0.6) is 0 Å². The summed E-state index contributed by atoms with van der Waals surface area (Å²) in [4.78, 5) is 26.8. The zero-order valence-corrected chi connectivity index (χ0v) is 14.1. The standard InChI is InChI=1S/C16H13N7O2S/c17-14(11-4-2-6-19-8-11)21-15(18)22-16-20-13(9-26-16)10-3-1-5-12(7-10)23(24)25/h1-9H,(H4,17,18,20,21,22). The summed E-state index contributed by atoms with van der Waals surface area (Å²) in [7, 11) is 0. The second kappa shape index (κ2) is 7.49. The number of nitro benzene ring substituents is 1. The predicted molar refractivity (Wildman–Crippen MR) is 100 cm³/mol. The minimum absolute atomic E-state index is 0.00564. The molecule has 3 aromatic rings. The lowest BCUT2D eigenvalue weighted by Gasteiger charge is -1.99. The first kappa shape index (κ1) is 17.2. The van der Waals surface area contributed by atoms with Gasteiger partial charge in [-0.15, -0.1) is 11.3 Å². The first-order valence-electron chi connectivity index (χ1n) is 7.32. The number of rotatable bonds is 4. The third kappa shape index (κ3) is 4.05. The van der Waals surface area contributed by atoms with Crippen LogP contribution in [0.3, 0.4) is 0 Å². The largest absolute Gasteiger partial charge is 0.383 e. The molecule has 0 unspecified atom stereocenters. The lowest BCUT2D eigenvalue weighted by molar-refractivity contribution is -0.384. The van der Waals surface area contributed by atoms with Gasteiger partial charge < -0.3 is 11.5 Å². The van der Waals surface area contributed by atoms with E-state index in [4.69, 9.17) is 11.5 Å². The summed E-state index contributed by atoms with van der Waals surface area (Å²) < 4.78 is 0. The number of hydrogen-bond donors (Lipinski definition) is 2. The Morgan fingerprint density at radius 2 is 2.08 bits per heavy atom. The average Bonchev–Trinajstić information content (AvgIpc) is 3.10. The number of benzene rings is 1. The van der Waals surface area contributed by atoms with Gasteiger partial charge in [0.25, 0.3) is 5.69 Å². The molecule has 2 aromatic heterocycles. The number of aromatic nitrogens is 2. The summed E-state index contributed by atoms with van der Waals surface area (Å²) in [5.41, 5.74) is 13.5. The van der Waals surface area contributed by atoms with E-state index in [0.717, 1.165) is 0 Å². The van der Waals surface area contributed by atoms with Crippen LogP contribution >= 0.6 is 11.3 Å². The van der Waals surface area contributed by atoms with E-state index in [9.17, 15) is 10.1 Å². The highest BCUT2D eigenvalue weighted by atomic mass is 32.1. The quantitative estimate of drug-likeness (QED) is 0.313. The molecule has 0 aliphatic heterocycles. The van der Waals surface area contributed by atoms with E-state index < -0.39 is 4.92 Å². The molecule has 2 heterocycles. The topological polar surface area (TPSA) is 146 Å². The smallest absolute Gasteiger partial charge is 0.270 e. The molecule has 0 amide bonds. The maximum Gasteiger partial charge on any atom is 0.270 e. The highest BCUT2D eigenvalue weighted by Gasteiger charge is 2.10. The van der Waals surface area contributed by atoms with Gasteiger partial charge in [0.15, 0.2) is 0 Å². The van der Waals surface area contributed by atoms with Crippen LogP contribution in [0.15, 0.2) is 64.2 Å². The van der Waals surface area contributed by atoms with E-state index in [2.05, 4.69) is 20.0 Å². The summed E-state index contributed by atoms with van der Waals surface area (Å²) in [6.45, 7) is 0. The van der Waals surface area contributed by atoms with E-state index in [1.54, 1.807) is 42.0 Å². The third-order valence-corrected chi connectivity index (χ3v) is 3.98. The number of pyridine rings is 1. The minimum Gasteiger partial charge on any atom is -0.383 e. The molecule has 130 valence electrons. The molecule has 9 nitrogen and oxygen atoms in total. The van der Waals surface area contributed by atoms with Gasteiger partial charge in [-0.3, -0.25) is 15.1 Å². The van der Waals surface area contributed by atoms with Gasteiger partial charge in [-0.1, -0.05) is 12.1 Å². The zero-order valence-electron chi connectivity index (χ0n) is 13.3. The van der Waals surface area contributed by atoms with E-state index in [1.807, 2.05) is 0 Å². The molecular formula is C16H13N7O2S. The summed E-state index contributed by atoms with van der Waals surface area (Å²) in [6, 6.07) is 9.69. The van der Waals surface area contributed by atoms with E-state index in [1.165, 1.54) is 23.5 Å². The number of amidine groups is 1. The number of non-ortho nitro benzene ring substituents is 1. The van der Waals surface area contributed by atoms with Crippen molar-refractivity contribution < 1.29 is 4.92 Å². The molecule has 0 saturated heterocycles. The van der Waals surface area contributed by atoms with Gasteiger partial charge in [0.2, 0.25) is 11.1 Å². The second-order valence-corrected chi connectivity index (χ2v) is 5.87. The van der Waals surface area contributed by atoms with Crippen molar-refractivity contribution in [2.75, 3.05) is 0 Å². The fourth-order valence-electron chi connectivity index (χ4n) is 2.05. The Bertz CT molecular complexity index is 999. The Morgan fingerprint density at radius 3 is 2.81 bits per heavy atom. The van der Waals surface area contributed by atoms with Crippen LogP contribution in [0.4, 0.5) is 10.8 Å². The average molecular weight is 367 g/mol. The molecule has 4 N–H and O–H groups in total. The third-order valence-electron chi connectivity index (χ3n) is 3.25. The Balaban J connectivity index is 1.82. The first-order valence-corrected chi connectivity index (χ1v) is 8.20. The van der Waals surface area contributed by atoms with Crippen molar-refractivity contribution in [3.63, 3.8) is 0 Å². The predicted octanol–water partition coefficient (Wildman–Crippen LogP) is 2.47. The summed E-state index contributed by atoms with van der Waals surface area (Å²) in [5, 5.41) is 13.0. The van der Waals surface area contributed by atoms with Crippen LogP contribution in [0.25, 0.3) is 11.3 Å². The highest BCUT2D eigenvalue weighted by Crippen LogP contribution is 2.28. The van der Waals surface area contributed by atoms with Crippen LogP contribution in [-0.4, -0.2) is 26.7 Å². The summed E-state index contributed by atoms with van der Waals surface area (Å²) >= 11 is 1.24. The molecular weight excluding hydrogens is 354 g/mol. The minimum atomic E-state index is -0.456. The van der Waals surface area contributed by atoms with Crippen LogP contribution < -0.4 is 11.5 Å². The van der Waals surface area contributed by atoms with Crippen LogP contribution in [-0.2, 0) is 0 Å². The van der Waals surface area contributed by atoms with Gasteiger partial charge in [0, 0.05) is 41.0 Å². The van der Waals surface area contributed by atoms with Crippen LogP contribution in [0.1, 0.15) is 5.56 Å². The summed E-state index contributed by atoms with van der Waals surface area (Å²) in [6.07, 6.45) is 3.19. The van der Waals surface area contributed by atoms with Gasteiger partial charge >= 0.3 is 0 Å². The van der Waals surface area contributed by atoms with Gasteiger partial charge in [0.1, 0.15) is 5.84 Å². The number of thiazole rings is 1. The second-order valence-electron chi connectivity index (χ2n) is 5.03. The van der Waals surface area contributed by atoms with Crippen molar-refractivity contribution in [2.45, 2.75) is 0 Å². The molecule has 0 radical (unpaired) electrons. The monoisotopic (exact) mass is 367 g/mol. The molecule has 0 bridgehead atoms. The van der Waals surface area contributed by atoms with Crippen molar-refractivity contribution in [3.05, 3.63) is 69.8 Å². The number of nitrogens with two attached hydrogens (primary N) is 2. The Labute approximate surface area is 151 Å². The Kier molecular flexibility index (Phi) is 4.94. The molecule has 10 heteroatoms. The zero-order chi connectivity index (χ0) is 18.5. The van der Waals surface area contributed by atoms with Crippen molar-refractivity contribution in [2.24, 2.45) is 21.5 Å². The van der Waals surface area contributed by atoms with E-state index in [0.29, 0.717) is 22.0 Å². The molecule has 0 fully saturated rings. The molecule has 0 saturated carbocycles. The lowest BCUT2D eigenvalue weighted by atomic mass is 10.1. The van der Waals surface area contributed by atoms with Gasteiger partial charge in [-0.25, -0.2) is 4.98 Å². The number of hydrogen-bond acceptors (Lipinski definition) is 6. The molecule has 0 aliphatic rings. The lowest BCUT2D eigenvalue weighted by Crippen LogP contribution is -2.19. The van der Waals surface area contributed by atoms with Crippen LogP contribution in [0.2, 0.25) is 0 Å². The van der Waals surface area contributed by atoms with Gasteiger partial charge in [-0.05, 0) is 12.1 Å². The van der Waals surface area contributed by atoms with E-state index >= 15 is 0 Å². The SMILES string of the molecule is NC(=Nc1nc(-c2cccc([N+](=O)[O-])c2)cs1)N=C(N)c1cccnc1. The maximum absolute atomic E-state index is 10.9. The molecule has 3 rings (SSSR count). The normalized spacial score (nSPS) is 12.2. The Hall–Kier alpha value is -3.66.